The lowest BCUT2D eigenvalue weighted by molar-refractivity contribution is 0.0432. The number of hydrogen-bond acceptors (Lipinski definition) is 2. The van der Waals surface area contributed by atoms with Gasteiger partial charge >= 0.3 is 0 Å². The van der Waals surface area contributed by atoms with Gasteiger partial charge in [-0.2, -0.15) is 0 Å². The minimum Gasteiger partial charge on any atom is -0.379 e. The van der Waals surface area contributed by atoms with Gasteiger partial charge in [-0.15, -0.1) is 0 Å². The summed E-state index contributed by atoms with van der Waals surface area (Å²) in [5.74, 6) is 0. The van der Waals surface area contributed by atoms with Gasteiger partial charge < -0.3 is 4.74 Å². The van der Waals surface area contributed by atoms with Crippen LogP contribution >= 0.6 is 0 Å². The van der Waals surface area contributed by atoms with Crippen molar-refractivity contribution in [3.63, 3.8) is 0 Å². The van der Waals surface area contributed by atoms with E-state index in [1.165, 1.54) is 6.42 Å². The third-order valence-corrected chi connectivity index (χ3v) is 4.63. The van der Waals surface area contributed by atoms with E-state index in [0.717, 1.165) is 32.8 Å². The largest absolute Gasteiger partial charge is 0.379 e. The van der Waals surface area contributed by atoms with Crippen LogP contribution in [0.1, 0.15) is 41.0 Å². The molecule has 1 saturated heterocycles. The molecular formula is C15H29NO. The van der Waals surface area contributed by atoms with E-state index in [1.807, 2.05) is 0 Å². The second kappa shape index (κ2) is 6.01. The van der Waals surface area contributed by atoms with Gasteiger partial charge in [0.05, 0.1) is 13.2 Å². The predicted octanol–water partition coefficient (Wildman–Crippen LogP) is 3.34. The number of morpholine rings is 1. The fourth-order valence-corrected chi connectivity index (χ4v) is 1.96. The van der Waals surface area contributed by atoms with Crippen LogP contribution < -0.4 is 0 Å². The molecule has 2 heteroatoms. The summed E-state index contributed by atoms with van der Waals surface area (Å²) in [6.07, 6.45) is 5.94. The average Bonchev–Trinajstić information content (AvgIpc) is 2.30. The van der Waals surface area contributed by atoms with Crippen molar-refractivity contribution in [3.8, 4) is 0 Å². The maximum atomic E-state index is 5.35. The SMILES string of the molecule is CCC(C)(C)C(C)(C)/C=C/CN1CCOCC1. The molecule has 0 amide bonds. The van der Waals surface area contributed by atoms with Crippen LogP contribution in [0, 0.1) is 10.8 Å². The fraction of sp³-hybridized carbons (Fsp3) is 0.867. The van der Waals surface area contributed by atoms with Gasteiger partial charge in [-0.05, 0) is 10.8 Å². The van der Waals surface area contributed by atoms with Crippen molar-refractivity contribution in [2.45, 2.75) is 41.0 Å². The normalized spacial score (nSPS) is 20.1. The molecule has 1 aliphatic rings. The summed E-state index contributed by atoms with van der Waals surface area (Å²) >= 11 is 0. The Balaban J connectivity index is 2.46. The van der Waals surface area contributed by atoms with E-state index in [-0.39, 0.29) is 5.41 Å². The Labute approximate surface area is 107 Å². The van der Waals surface area contributed by atoms with Crippen molar-refractivity contribution in [2.24, 2.45) is 10.8 Å². The van der Waals surface area contributed by atoms with Gasteiger partial charge in [-0.1, -0.05) is 53.2 Å². The number of nitrogens with zero attached hydrogens (tertiary/aromatic N) is 1. The number of ether oxygens (including phenoxy) is 1. The molecule has 100 valence electrons. The Bertz CT molecular complexity index is 250. The third kappa shape index (κ3) is 4.11. The lowest BCUT2D eigenvalue weighted by atomic mass is 9.66. The quantitative estimate of drug-likeness (QED) is 0.682. The molecule has 1 heterocycles. The van der Waals surface area contributed by atoms with Crippen molar-refractivity contribution in [1.29, 1.82) is 0 Å². The molecule has 1 rings (SSSR count). The van der Waals surface area contributed by atoms with Crippen LogP contribution in [-0.4, -0.2) is 37.7 Å². The molecule has 2 nitrogen and oxygen atoms in total. The minimum absolute atomic E-state index is 0.258. The minimum atomic E-state index is 0.258. The smallest absolute Gasteiger partial charge is 0.0594 e. The molecular weight excluding hydrogens is 210 g/mol. The van der Waals surface area contributed by atoms with Crippen LogP contribution in [0.25, 0.3) is 0 Å². The highest BCUT2D eigenvalue weighted by molar-refractivity contribution is 5.02. The lowest BCUT2D eigenvalue weighted by Gasteiger charge is -2.39. The average molecular weight is 239 g/mol. The van der Waals surface area contributed by atoms with E-state index >= 15 is 0 Å². The Hall–Kier alpha value is -0.340. The van der Waals surface area contributed by atoms with Crippen LogP contribution in [0.3, 0.4) is 0 Å². The number of allylic oxidation sites excluding steroid dienone is 1. The summed E-state index contributed by atoms with van der Waals surface area (Å²) in [5.41, 5.74) is 0.614. The lowest BCUT2D eigenvalue weighted by Crippen LogP contribution is -2.36. The molecule has 0 radical (unpaired) electrons. The van der Waals surface area contributed by atoms with Gasteiger partial charge in [-0.25, -0.2) is 0 Å². The van der Waals surface area contributed by atoms with Gasteiger partial charge in [0.2, 0.25) is 0 Å². The third-order valence-electron chi connectivity index (χ3n) is 4.63. The maximum absolute atomic E-state index is 5.35. The van der Waals surface area contributed by atoms with Crippen molar-refractivity contribution >= 4 is 0 Å². The van der Waals surface area contributed by atoms with E-state index in [1.54, 1.807) is 0 Å². The molecule has 0 spiro atoms. The molecule has 0 aromatic rings. The van der Waals surface area contributed by atoms with Crippen LogP contribution in [0.4, 0.5) is 0 Å². The van der Waals surface area contributed by atoms with E-state index < -0.39 is 0 Å². The molecule has 1 fully saturated rings. The number of hydrogen-bond donors (Lipinski definition) is 0. The molecule has 0 aromatic heterocycles. The zero-order chi connectivity index (χ0) is 12.9. The first-order valence-corrected chi connectivity index (χ1v) is 6.87. The van der Waals surface area contributed by atoms with Gasteiger partial charge in [0.15, 0.2) is 0 Å². The molecule has 0 unspecified atom stereocenters. The predicted molar refractivity (Wildman–Crippen MR) is 74.3 cm³/mol. The summed E-state index contributed by atoms with van der Waals surface area (Å²) in [6.45, 7) is 16.6. The van der Waals surface area contributed by atoms with Gasteiger partial charge in [0.1, 0.15) is 0 Å². The summed E-state index contributed by atoms with van der Waals surface area (Å²) in [5, 5.41) is 0. The summed E-state index contributed by atoms with van der Waals surface area (Å²) in [6, 6.07) is 0. The highest BCUT2D eigenvalue weighted by atomic mass is 16.5. The molecule has 0 atom stereocenters. The Morgan fingerprint density at radius 2 is 1.71 bits per heavy atom. The van der Waals surface area contributed by atoms with Crippen molar-refractivity contribution in [3.05, 3.63) is 12.2 Å². The van der Waals surface area contributed by atoms with E-state index in [0.29, 0.717) is 5.41 Å². The van der Waals surface area contributed by atoms with Crippen LogP contribution in [0.2, 0.25) is 0 Å². The summed E-state index contributed by atoms with van der Waals surface area (Å²) < 4.78 is 5.35. The highest BCUT2D eigenvalue weighted by Gasteiger charge is 2.32. The Kier molecular flexibility index (Phi) is 5.21. The first-order chi connectivity index (χ1) is 7.89. The monoisotopic (exact) mass is 239 g/mol. The maximum Gasteiger partial charge on any atom is 0.0594 e. The molecule has 17 heavy (non-hydrogen) atoms. The first kappa shape index (κ1) is 14.7. The van der Waals surface area contributed by atoms with Gasteiger partial charge in [0, 0.05) is 19.6 Å². The van der Waals surface area contributed by atoms with Crippen LogP contribution in [0.5, 0.6) is 0 Å². The van der Waals surface area contributed by atoms with E-state index in [2.05, 4.69) is 51.7 Å². The fourth-order valence-electron chi connectivity index (χ4n) is 1.96. The molecule has 0 N–H and O–H groups in total. The highest BCUT2D eigenvalue weighted by Crippen LogP contribution is 2.42. The molecule has 0 saturated carbocycles. The van der Waals surface area contributed by atoms with E-state index in [9.17, 15) is 0 Å². The standard InChI is InChI=1S/C15H29NO/c1-6-14(2,3)15(4,5)8-7-9-16-10-12-17-13-11-16/h7-8H,6,9-13H2,1-5H3/b8-7+. The topological polar surface area (TPSA) is 12.5 Å². The van der Waals surface area contributed by atoms with Crippen molar-refractivity contribution < 1.29 is 4.74 Å². The molecule has 0 aromatic carbocycles. The molecule has 0 aliphatic carbocycles. The Morgan fingerprint density at radius 3 is 2.24 bits per heavy atom. The first-order valence-electron chi connectivity index (χ1n) is 6.87. The van der Waals surface area contributed by atoms with Gasteiger partial charge in [-0.3, -0.25) is 4.90 Å². The summed E-state index contributed by atoms with van der Waals surface area (Å²) in [4.78, 5) is 2.45. The zero-order valence-electron chi connectivity index (χ0n) is 12.3. The number of rotatable bonds is 5. The van der Waals surface area contributed by atoms with Crippen molar-refractivity contribution in [1.82, 2.24) is 4.90 Å². The molecule has 0 bridgehead atoms. The summed E-state index contributed by atoms with van der Waals surface area (Å²) in [7, 11) is 0. The molecule has 1 aliphatic heterocycles. The second-order valence-corrected chi connectivity index (χ2v) is 6.27. The van der Waals surface area contributed by atoms with Crippen molar-refractivity contribution in [2.75, 3.05) is 32.8 Å². The van der Waals surface area contributed by atoms with Gasteiger partial charge in [0.25, 0.3) is 0 Å². The van der Waals surface area contributed by atoms with Crippen LogP contribution in [0.15, 0.2) is 12.2 Å². The second-order valence-electron chi connectivity index (χ2n) is 6.27. The zero-order valence-corrected chi connectivity index (χ0v) is 12.3. The Morgan fingerprint density at radius 1 is 1.12 bits per heavy atom. The van der Waals surface area contributed by atoms with E-state index in [4.69, 9.17) is 4.74 Å². The van der Waals surface area contributed by atoms with Crippen LogP contribution in [-0.2, 0) is 4.74 Å².